The Labute approximate surface area is 209 Å². The number of ether oxygens (including phenoxy) is 1. The van der Waals surface area contributed by atoms with Gasteiger partial charge in [0.1, 0.15) is 11.6 Å². The molecule has 4 aromatic rings. The van der Waals surface area contributed by atoms with Crippen LogP contribution in [0.25, 0.3) is 11.0 Å². The number of imidazole rings is 1. The summed E-state index contributed by atoms with van der Waals surface area (Å²) >= 11 is 12.0. The van der Waals surface area contributed by atoms with Crippen molar-refractivity contribution < 1.29 is 9.53 Å². The van der Waals surface area contributed by atoms with Gasteiger partial charge < -0.3 is 14.6 Å². The Morgan fingerprint density at radius 2 is 1.82 bits per heavy atom. The van der Waals surface area contributed by atoms with E-state index >= 15 is 0 Å². The fourth-order valence-corrected chi connectivity index (χ4v) is 4.08. The summed E-state index contributed by atoms with van der Waals surface area (Å²) in [7, 11) is 0. The minimum absolute atomic E-state index is 0.0974. The lowest BCUT2D eigenvalue weighted by atomic mass is 10.2. The lowest BCUT2D eigenvalue weighted by Gasteiger charge is -2.11. The Hall–Kier alpha value is -3.02. The number of nitrogens with zero attached hydrogens (tertiary/aromatic N) is 2. The monoisotopic (exact) mass is 495 g/mol. The number of fused-ring (bicyclic) bond motifs is 1. The Bertz CT molecular complexity index is 1270. The second-order valence-electron chi connectivity index (χ2n) is 8.15. The minimum Gasteiger partial charge on any atom is -0.494 e. The predicted molar refractivity (Wildman–Crippen MR) is 138 cm³/mol. The number of amides is 1. The number of hydrogen-bond acceptors (Lipinski definition) is 3. The highest BCUT2D eigenvalue weighted by atomic mass is 35.5. The third kappa shape index (κ3) is 6.10. The van der Waals surface area contributed by atoms with Crippen LogP contribution in [-0.4, -0.2) is 28.6 Å². The van der Waals surface area contributed by atoms with E-state index in [0.717, 1.165) is 59.0 Å². The zero-order valence-corrected chi connectivity index (χ0v) is 20.6. The third-order valence-electron chi connectivity index (χ3n) is 5.63. The molecule has 0 bridgehead atoms. The number of aromatic nitrogens is 2. The van der Waals surface area contributed by atoms with Gasteiger partial charge in [0.25, 0.3) is 5.91 Å². The van der Waals surface area contributed by atoms with E-state index in [2.05, 4.69) is 16.0 Å². The number of nitrogens with one attached hydrogen (secondary N) is 1. The van der Waals surface area contributed by atoms with Crippen molar-refractivity contribution >= 4 is 40.1 Å². The highest BCUT2D eigenvalue weighted by Gasteiger charge is 2.11. The maximum Gasteiger partial charge on any atom is 0.251 e. The zero-order chi connectivity index (χ0) is 23.9. The van der Waals surface area contributed by atoms with Crippen LogP contribution in [0.1, 0.15) is 34.6 Å². The van der Waals surface area contributed by atoms with Crippen molar-refractivity contribution in [3.63, 3.8) is 0 Å². The average molecular weight is 496 g/mol. The molecule has 0 saturated carbocycles. The van der Waals surface area contributed by atoms with Crippen LogP contribution in [-0.2, 0) is 13.0 Å². The SMILES string of the molecule is Cc1cc(OCCCn2c(CCCNC(=O)c3ccc(Cl)cc3)nc3ccccc32)ccc1Cl. The summed E-state index contributed by atoms with van der Waals surface area (Å²) in [5.41, 5.74) is 3.71. The first-order valence-electron chi connectivity index (χ1n) is 11.4. The molecule has 0 spiro atoms. The molecule has 0 atom stereocenters. The predicted octanol–water partition coefficient (Wildman–Crippen LogP) is 6.48. The minimum atomic E-state index is -0.0974. The van der Waals surface area contributed by atoms with Crippen molar-refractivity contribution in [3.05, 3.63) is 93.7 Å². The maximum absolute atomic E-state index is 12.3. The van der Waals surface area contributed by atoms with Gasteiger partial charge in [-0.1, -0.05) is 35.3 Å². The smallest absolute Gasteiger partial charge is 0.251 e. The van der Waals surface area contributed by atoms with Crippen LogP contribution in [0.3, 0.4) is 0 Å². The number of hydrogen-bond donors (Lipinski definition) is 1. The van der Waals surface area contributed by atoms with Crippen LogP contribution in [0.4, 0.5) is 0 Å². The van der Waals surface area contributed by atoms with E-state index in [4.69, 9.17) is 32.9 Å². The standard InChI is InChI=1S/C27H27Cl2N3O2/c1-19-18-22(13-14-23(19)29)34-17-5-16-32-25-7-3-2-6-24(25)31-26(32)8-4-15-30-27(33)20-9-11-21(28)12-10-20/h2-3,6-7,9-14,18H,4-5,8,15-17H2,1H3,(H,30,33). The van der Waals surface area contributed by atoms with Crippen molar-refractivity contribution in [1.82, 2.24) is 14.9 Å². The lowest BCUT2D eigenvalue weighted by Crippen LogP contribution is -2.25. The Morgan fingerprint density at radius 3 is 2.62 bits per heavy atom. The van der Waals surface area contributed by atoms with Crippen LogP contribution in [0, 0.1) is 6.92 Å². The normalized spacial score (nSPS) is 11.0. The van der Waals surface area contributed by atoms with Gasteiger partial charge in [0.15, 0.2) is 0 Å². The molecule has 7 heteroatoms. The van der Waals surface area contributed by atoms with Crippen molar-refractivity contribution in [1.29, 1.82) is 0 Å². The van der Waals surface area contributed by atoms with Gasteiger partial charge in [-0.05, 0) is 79.9 Å². The average Bonchev–Trinajstić information content (AvgIpc) is 3.19. The number of carbonyl (C=O) groups excluding carboxylic acids is 1. The van der Waals surface area contributed by atoms with Crippen LogP contribution < -0.4 is 10.1 Å². The summed E-state index contributed by atoms with van der Waals surface area (Å²) in [5, 5.41) is 4.33. The molecular weight excluding hydrogens is 469 g/mol. The first-order valence-corrected chi connectivity index (χ1v) is 12.1. The van der Waals surface area contributed by atoms with Crippen LogP contribution in [0.15, 0.2) is 66.7 Å². The van der Waals surface area contributed by atoms with E-state index in [9.17, 15) is 4.79 Å². The molecule has 0 unspecified atom stereocenters. The number of rotatable bonds is 10. The first kappa shape index (κ1) is 24.1. The molecule has 0 saturated heterocycles. The molecule has 5 nitrogen and oxygen atoms in total. The van der Waals surface area contributed by atoms with Gasteiger partial charge in [0.2, 0.25) is 0 Å². The number of aryl methyl sites for hydroxylation is 3. The molecule has 4 rings (SSSR count). The van der Waals surface area contributed by atoms with Crippen molar-refractivity contribution in [2.75, 3.05) is 13.2 Å². The van der Waals surface area contributed by atoms with Crippen LogP contribution in [0.5, 0.6) is 5.75 Å². The van der Waals surface area contributed by atoms with Crippen LogP contribution in [0.2, 0.25) is 10.0 Å². The molecule has 176 valence electrons. The van der Waals surface area contributed by atoms with E-state index in [1.165, 1.54) is 0 Å². The third-order valence-corrected chi connectivity index (χ3v) is 6.30. The molecule has 34 heavy (non-hydrogen) atoms. The van der Waals surface area contributed by atoms with Gasteiger partial charge >= 0.3 is 0 Å². The zero-order valence-electron chi connectivity index (χ0n) is 19.1. The molecule has 1 amide bonds. The van der Waals surface area contributed by atoms with Crippen LogP contribution >= 0.6 is 23.2 Å². The Balaban J connectivity index is 1.32. The highest BCUT2D eigenvalue weighted by molar-refractivity contribution is 6.31. The Kier molecular flexibility index (Phi) is 8.09. The van der Waals surface area contributed by atoms with E-state index in [1.807, 2.05) is 43.3 Å². The van der Waals surface area contributed by atoms with E-state index < -0.39 is 0 Å². The summed E-state index contributed by atoms with van der Waals surface area (Å²) < 4.78 is 8.17. The number of carbonyl (C=O) groups is 1. The topological polar surface area (TPSA) is 56.1 Å². The molecule has 3 aromatic carbocycles. The Morgan fingerprint density at radius 1 is 1.03 bits per heavy atom. The van der Waals surface area contributed by atoms with E-state index in [0.29, 0.717) is 23.7 Å². The van der Waals surface area contributed by atoms with E-state index in [-0.39, 0.29) is 5.91 Å². The van der Waals surface area contributed by atoms with Gasteiger partial charge in [-0.3, -0.25) is 4.79 Å². The molecular formula is C27H27Cl2N3O2. The molecule has 0 radical (unpaired) electrons. The van der Waals surface area contributed by atoms with Crippen molar-refractivity contribution in [3.8, 4) is 5.75 Å². The summed E-state index contributed by atoms with van der Waals surface area (Å²) in [6.07, 6.45) is 2.42. The molecule has 0 fully saturated rings. The molecule has 1 heterocycles. The molecule has 1 aromatic heterocycles. The maximum atomic E-state index is 12.3. The van der Waals surface area contributed by atoms with Crippen molar-refractivity contribution in [2.24, 2.45) is 0 Å². The quantitative estimate of drug-likeness (QED) is 0.256. The van der Waals surface area contributed by atoms with Gasteiger partial charge in [0.05, 0.1) is 17.6 Å². The number of benzene rings is 3. The van der Waals surface area contributed by atoms with Gasteiger partial charge in [-0.2, -0.15) is 0 Å². The van der Waals surface area contributed by atoms with Gasteiger partial charge in [-0.25, -0.2) is 4.98 Å². The van der Waals surface area contributed by atoms with Gasteiger partial charge in [0, 0.05) is 35.1 Å². The fraction of sp³-hybridized carbons (Fsp3) is 0.259. The van der Waals surface area contributed by atoms with Crippen molar-refractivity contribution in [2.45, 2.75) is 32.7 Å². The fourth-order valence-electron chi connectivity index (χ4n) is 3.84. The summed E-state index contributed by atoms with van der Waals surface area (Å²) in [4.78, 5) is 17.1. The highest BCUT2D eigenvalue weighted by Crippen LogP contribution is 2.22. The number of halogens is 2. The largest absolute Gasteiger partial charge is 0.494 e. The van der Waals surface area contributed by atoms with Gasteiger partial charge in [-0.15, -0.1) is 0 Å². The summed E-state index contributed by atoms with van der Waals surface area (Å²) in [6.45, 7) is 3.95. The number of para-hydroxylation sites is 2. The second-order valence-corrected chi connectivity index (χ2v) is 8.99. The first-order chi connectivity index (χ1) is 16.5. The summed E-state index contributed by atoms with van der Waals surface area (Å²) in [5.74, 6) is 1.75. The van der Waals surface area contributed by atoms with E-state index in [1.54, 1.807) is 24.3 Å². The molecule has 0 aliphatic carbocycles. The molecule has 0 aliphatic rings. The lowest BCUT2D eigenvalue weighted by molar-refractivity contribution is 0.0953. The second kappa shape index (κ2) is 11.4. The molecule has 1 N–H and O–H groups in total. The molecule has 0 aliphatic heterocycles. The summed E-state index contributed by atoms with van der Waals surface area (Å²) in [6, 6.07) is 20.8.